The van der Waals surface area contributed by atoms with Crippen LogP contribution in [-0.2, 0) is 16.0 Å². The fraction of sp³-hybridized carbons (Fsp3) is 0.538. The van der Waals surface area contributed by atoms with Gasteiger partial charge in [0.2, 0.25) is 0 Å². The van der Waals surface area contributed by atoms with Crippen LogP contribution in [0, 0.1) is 6.92 Å². The van der Waals surface area contributed by atoms with Gasteiger partial charge in [0.25, 0.3) is 5.91 Å². The summed E-state index contributed by atoms with van der Waals surface area (Å²) in [6, 6.07) is 0. The Morgan fingerprint density at radius 3 is 2.94 bits per heavy atom. The maximum atomic E-state index is 11.8. The normalized spacial score (nSPS) is 12.2. The Morgan fingerprint density at radius 1 is 1.67 bits per heavy atom. The minimum absolute atomic E-state index is 0.157. The van der Waals surface area contributed by atoms with Crippen molar-refractivity contribution < 1.29 is 9.53 Å². The van der Waals surface area contributed by atoms with Crippen molar-refractivity contribution in [1.29, 1.82) is 0 Å². The van der Waals surface area contributed by atoms with Gasteiger partial charge in [0.15, 0.2) is 5.13 Å². The second-order valence-electron chi connectivity index (χ2n) is 3.96. The van der Waals surface area contributed by atoms with Gasteiger partial charge in [-0.15, -0.1) is 17.9 Å². The zero-order chi connectivity index (χ0) is 13.5. The number of nitrogens with one attached hydrogen (secondary N) is 1. The maximum absolute atomic E-state index is 11.8. The van der Waals surface area contributed by atoms with Crippen LogP contribution in [0.5, 0.6) is 0 Å². The van der Waals surface area contributed by atoms with Crippen molar-refractivity contribution >= 4 is 22.4 Å². The molecule has 4 nitrogen and oxygen atoms in total. The zero-order valence-electron chi connectivity index (χ0n) is 11.2. The molecule has 100 valence electrons. The predicted molar refractivity (Wildman–Crippen MR) is 75.1 cm³/mol. The summed E-state index contributed by atoms with van der Waals surface area (Å²) in [5.41, 5.74) is 1.04. The molecule has 18 heavy (non-hydrogen) atoms. The SMILES string of the molecule is C=CCCOC(C)C(=O)Nc1nc(CC)c(C)s1. The van der Waals surface area contributed by atoms with E-state index >= 15 is 0 Å². The fourth-order valence-electron chi connectivity index (χ4n) is 1.42. The quantitative estimate of drug-likeness (QED) is 0.611. The van der Waals surface area contributed by atoms with Gasteiger partial charge in [0.1, 0.15) is 6.10 Å². The molecule has 0 saturated carbocycles. The van der Waals surface area contributed by atoms with Crippen LogP contribution in [-0.4, -0.2) is 23.6 Å². The van der Waals surface area contributed by atoms with E-state index in [0.717, 1.165) is 23.4 Å². The van der Waals surface area contributed by atoms with Crippen LogP contribution in [0.2, 0.25) is 0 Å². The largest absolute Gasteiger partial charge is 0.368 e. The summed E-state index contributed by atoms with van der Waals surface area (Å²) in [5, 5.41) is 3.43. The van der Waals surface area contributed by atoms with Crippen molar-refractivity contribution in [2.24, 2.45) is 0 Å². The van der Waals surface area contributed by atoms with Gasteiger partial charge in [0.05, 0.1) is 12.3 Å². The number of aryl methyl sites for hydroxylation is 2. The number of thiazole rings is 1. The number of carbonyl (C=O) groups excluding carboxylic acids is 1. The van der Waals surface area contributed by atoms with Crippen LogP contribution >= 0.6 is 11.3 Å². The predicted octanol–water partition coefficient (Wildman–Crippen LogP) is 2.93. The summed E-state index contributed by atoms with van der Waals surface area (Å²) in [6.07, 6.45) is 2.92. The van der Waals surface area contributed by atoms with Gasteiger partial charge in [-0.25, -0.2) is 4.98 Å². The van der Waals surface area contributed by atoms with Gasteiger partial charge in [0, 0.05) is 4.88 Å². The molecule has 1 aromatic heterocycles. The fourth-order valence-corrected chi connectivity index (χ4v) is 2.33. The third kappa shape index (κ3) is 4.23. The molecule has 1 rings (SSSR count). The molecule has 1 atom stereocenters. The molecule has 0 saturated heterocycles. The van der Waals surface area contributed by atoms with E-state index in [2.05, 4.69) is 23.8 Å². The van der Waals surface area contributed by atoms with E-state index in [-0.39, 0.29) is 5.91 Å². The van der Waals surface area contributed by atoms with Crippen molar-refractivity contribution in [1.82, 2.24) is 4.98 Å². The Hall–Kier alpha value is -1.20. The lowest BCUT2D eigenvalue weighted by atomic mass is 10.3. The Balaban J connectivity index is 2.49. The Bertz CT molecular complexity index is 415. The summed E-state index contributed by atoms with van der Waals surface area (Å²) in [7, 11) is 0. The molecule has 0 aliphatic rings. The van der Waals surface area contributed by atoms with Crippen LogP contribution in [0.1, 0.15) is 30.8 Å². The number of amides is 1. The summed E-state index contributed by atoms with van der Waals surface area (Å²) in [5.74, 6) is -0.157. The molecule has 0 aliphatic heterocycles. The van der Waals surface area contributed by atoms with Crippen LogP contribution in [0.15, 0.2) is 12.7 Å². The van der Waals surface area contributed by atoms with E-state index in [9.17, 15) is 4.79 Å². The van der Waals surface area contributed by atoms with E-state index < -0.39 is 6.10 Å². The second kappa shape index (κ2) is 7.28. The molecule has 0 aliphatic carbocycles. The lowest BCUT2D eigenvalue weighted by Gasteiger charge is -2.11. The molecule has 0 aromatic carbocycles. The number of hydrogen-bond acceptors (Lipinski definition) is 4. The minimum atomic E-state index is -0.473. The summed E-state index contributed by atoms with van der Waals surface area (Å²) < 4.78 is 5.37. The first-order chi connectivity index (χ1) is 8.58. The van der Waals surface area contributed by atoms with Gasteiger partial charge in [-0.3, -0.25) is 10.1 Å². The van der Waals surface area contributed by atoms with Crippen LogP contribution in [0.3, 0.4) is 0 Å². The van der Waals surface area contributed by atoms with E-state index in [0.29, 0.717) is 11.7 Å². The number of ether oxygens (including phenoxy) is 1. The van der Waals surface area contributed by atoms with E-state index in [1.807, 2.05) is 6.92 Å². The minimum Gasteiger partial charge on any atom is -0.368 e. The van der Waals surface area contributed by atoms with E-state index in [4.69, 9.17) is 4.74 Å². The van der Waals surface area contributed by atoms with Crippen molar-refractivity contribution in [2.75, 3.05) is 11.9 Å². The Kier molecular flexibility index (Phi) is 6.01. The number of rotatable bonds is 7. The van der Waals surface area contributed by atoms with Gasteiger partial charge < -0.3 is 4.74 Å². The van der Waals surface area contributed by atoms with Gasteiger partial charge in [-0.05, 0) is 26.7 Å². The first-order valence-corrected chi connectivity index (χ1v) is 6.89. The molecule has 1 amide bonds. The van der Waals surface area contributed by atoms with Crippen molar-refractivity contribution in [3.8, 4) is 0 Å². The van der Waals surface area contributed by atoms with Crippen LogP contribution in [0.25, 0.3) is 0 Å². The maximum Gasteiger partial charge on any atom is 0.254 e. The number of nitrogens with zero attached hydrogens (tertiary/aromatic N) is 1. The van der Waals surface area contributed by atoms with Crippen molar-refractivity contribution in [3.63, 3.8) is 0 Å². The van der Waals surface area contributed by atoms with Crippen LogP contribution < -0.4 is 5.32 Å². The lowest BCUT2D eigenvalue weighted by molar-refractivity contribution is -0.126. The highest BCUT2D eigenvalue weighted by atomic mass is 32.1. The molecule has 1 aromatic rings. The Labute approximate surface area is 112 Å². The summed E-state index contributed by atoms with van der Waals surface area (Å²) in [6.45, 7) is 9.91. The highest BCUT2D eigenvalue weighted by molar-refractivity contribution is 7.15. The zero-order valence-corrected chi connectivity index (χ0v) is 12.0. The van der Waals surface area contributed by atoms with Crippen molar-refractivity contribution in [2.45, 2.75) is 39.7 Å². The molecule has 5 heteroatoms. The number of aromatic nitrogens is 1. The molecule has 0 radical (unpaired) electrons. The standard InChI is InChI=1S/C13H20N2O2S/c1-5-7-8-17-9(3)12(16)15-13-14-11(6-2)10(4)18-13/h5,9H,1,6-8H2,2-4H3,(H,14,15,16). The first-order valence-electron chi connectivity index (χ1n) is 6.08. The molecule has 0 fully saturated rings. The third-order valence-electron chi connectivity index (χ3n) is 2.52. The molecule has 0 spiro atoms. The number of anilines is 1. The topological polar surface area (TPSA) is 51.2 Å². The first kappa shape index (κ1) is 14.9. The monoisotopic (exact) mass is 268 g/mol. The lowest BCUT2D eigenvalue weighted by Crippen LogP contribution is -2.27. The van der Waals surface area contributed by atoms with Crippen LogP contribution in [0.4, 0.5) is 5.13 Å². The van der Waals surface area contributed by atoms with E-state index in [1.165, 1.54) is 11.3 Å². The number of hydrogen-bond donors (Lipinski definition) is 1. The molecule has 1 unspecified atom stereocenters. The molecule has 0 bridgehead atoms. The van der Waals surface area contributed by atoms with Crippen molar-refractivity contribution in [3.05, 3.63) is 23.2 Å². The summed E-state index contributed by atoms with van der Waals surface area (Å²) in [4.78, 5) is 17.3. The summed E-state index contributed by atoms with van der Waals surface area (Å²) >= 11 is 1.50. The third-order valence-corrected chi connectivity index (χ3v) is 3.45. The Morgan fingerprint density at radius 2 is 2.39 bits per heavy atom. The molecule has 1 heterocycles. The molecular weight excluding hydrogens is 248 g/mol. The smallest absolute Gasteiger partial charge is 0.254 e. The molecule has 1 N–H and O–H groups in total. The average Bonchev–Trinajstić information content (AvgIpc) is 2.69. The van der Waals surface area contributed by atoms with Gasteiger partial charge >= 0.3 is 0 Å². The molecular formula is C13H20N2O2S. The van der Waals surface area contributed by atoms with Gasteiger partial charge in [-0.2, -0.15) is 0 Å². The highest BCUT2D eigenvalue weighted by Gasteiger charge is 2.15. The van der Waals surface area contributed by atoms with E-state index in [1.54, 1.807) is 13.0 Å². The second-order valence-corrected chi connectivity index (χ2v) is 5.16. The number of carbonyl (C=O) groups is 1. The highest BCUT2D eigenvalue weighted by Crippen LogP contribution is 2.22. The average molecular weight is 268 g/mol. The van der Waals surface area contributed by atoms with Gasteiger partial charge in [-0.1, -0.05) is 13.0 Å².